The monoisotopic (exact) mass is 624 g/mol. The number of halogens is 2. The molecular formula is C29H26BrClN4O5. The maximum atomic E-state index is 13.5. The van der Waals surface area contributed by atoms with Gasteiger partial charge >= 0.3 is 0 Å². The lowest BCUT2D eigenvalue weighted by Crippen LogP contribution is -2.43. The number of fused-ring (bicyclic) bond motifs is 1. The molecule has 0 spiro atoms. The molecule has 11 heteroatoms. The van der Waals surface area contributed by atoms with E-state index in [0.717, 1.165) is 5.56 Å². The first-order chi connectivity index (χ1) is 19.5. The topological polar surface area (TPSA) is 95.2 Å². The summed E-state index contributed by atoms with van der Waals surface area (Å²) in [6, 6.07) is 18.2. The number of carbonyl (C=O) groups excluding carboxylic acids is 1. The molecule has 206 valence electrons. The number of ether oxygens (including phenoxy) is 3. The molecule has 0 aliphatic carbocycles. The Kier molecular flexibility index (Phi) is 8.78. The standard InChI is InChI=1S/C29H26BrClN4O5/c1-2-39-23-16-20(25(30)26(31)27(23)40-18-24(36)34-12-14-38-15-13-34)17-32-35-28(19-8-4-3-5-9-19)33-22-11-7-6-10-21(22)29(35)37/h3-11,16-17H,2,12-15,18H2,1H3. The van der Waals surface area contributed by atoms with Crippen molar-refractivity contribution in [2.45, 2.75) is 6.92 Å². The van der Waals surface area contributed by atoms with Gasteiger partial charge in [-0.15, -0.1) is 0 Å². The van der Waals surface area contributed by atoms with E-state index in [2.05, 4.69) is 21.0 Å². The molecule has 1 amide bonds. The Morgan fingerprint density at radius 1 is 1.12 bits per heavy atom. The van der Waals surface area contributed by atoms with Crippen LogP contribution in [0.5, 0.6) is 11.5 Å². The third kappa shape index (κ3) is 5.89. The molecule has 2 heterocycles. The largest absolute Gasteiger partial charge is 0.490 e. The molecule has 0 bridgehead atoms. The number of aromatic nitrogens is 2. The van der Waals surface area contributed by atoms with Crippen molar-refractivity contribution in [1.82, 2.24) is 14.6 Å². The van der Waals surface area contributed by atoms with Gasteiger partial charge in [0.2, 0.25) is 0 Å². The Balaban J connectivity index is 1.51. The van der Waals surface area contributed by atoms with Gasteiger partial charge in [0, 0.05) is 28.7 Å². The van der Waals surface area contributed by atoms with Crippen molar-refractivity contribution in [3.63, 3.8) is 0 Å². The van der Waals surface area contributed by atoms with E-state index in [-0.39, 0.29) is 28.8 Å². The summed E-state index contributed by atoms with van der Waals surface area (Å²) in [7, 11) is 0. The van der Waals surface area contributed by atoms with E-state index in [9.17, 15) is 9.59 Å². The molecule has 4 aromatic rings. The zero-order valence-electron chi connectivity index (χ0n) is 21.7. The average Bonchev–Trinajstić information content (AvgIpc) is 2.99. The molecule has 1 aromatic heterocycles. The summed E-state index contributed by atoms with van der Waals surface area (Å²) in [6.45, 7) is 4.00. The van der Waals surface area contributed by atoms with Crippen LogP contribution in [-0.2, 0) is 9.53 Å². The molecule has 0 saturated carbocycles. The third-order valence-corrected chi connectivity index (χ3v) is 7.70. The SMILES string of the molecule is CCOc1cc(C=Nn2c(-c3ccccc3)nc3ccccc3c2=O)c(Br)c(Cl)c1OCC(=O)N1CCOCC1. The minimum absolute atomic E-state index is 0.166. The molecule has 0 radical (unpaired) electrons. The zero-order chi connectivity index (χ0) is 28.1. The summed E-state index contributed by atoms with van der Waals surface area (Å²) in [5, 5.41) is 5.19. The van der Waals surface area contributed by atoms with Gasteiger partial charge in [-0.05, 0) is 41.1 Å². The molecule has 5 rings (SSSR count). The lowest BCUT2D eigenvalue weighted by Gasteiger charge is -2.27. The molecule has 0 atom stereocenters. The minimum Gasteiger partial charge on any atom is -0.490 e. The van der Waals surface area contributed by atoms with Crippen LogP contribution in [0.25, 0.3) is 22.3 Å². The third-order valence-electron chi connectivity index (χ3n) is 6.26. The number of para-hydroxylation sites is 1. The van der Waals surface area contributed by atoms with Crippen molar-refractivity contribution in [3.05, 3.63) is 86.1 Å². The fourth-order valence-corrected chi connectivity index (χ4v) is 4.91. The Morgan fingerprint density at radius 3 is 2.60 bits per heavy atom. The normalized spacial score (nSPS) is 13.6. The summed E-state index contributed by atoms with van der Waals surface area (Å²) in [6.07, 6.45) is 1.51. The van der Waals surface area contributed by atoms with Crippen LogP contribution in [0.4, 0.5) is 0 Å². The highest BCUT2D eigenvalue weighted by molar-refractivity contribution is 9.10. The Labute approximate surface area is 244 Å². The van der Waals surface area contributed by atoms with Crippen LogP contribution in [0, 0.1) is 0 Å². The number of carbonyl (C=O) groups is 1. The van der Waals surface area contributed by atoms with Gasteiger partial charge in [0.25, 0.3) is 11.5 Å². The first kappa shape index (κ1) is 27.8. The van der Waals surface area contributed by atoms with Gasteiger partial charge in [0.05, 0.1) is 36.9 Å². The predicted molar refractivity (Wildman–Crippen MR) is 158 cm³/mol. The highest BCUT2D eigenvalue weighted by atomic mass is 79.9. The molecule has 3 aromatic carbocycles. The van der Waals surface area contributed by atoms with Crippen molar-refractivity contribution >= 4 is 50.6 Å². The van der Waals surface area contributed by atoms with Gasteiger partial charge in [-0.25, -0.2) is 4.98 Å². The maximum absolute atomic E-state index is 13.5. The van der Waals surface area contributed by atoms with Gasteiger partial charge in [-0.3, -0.25) is 9.59 Å². The predicted octanol–water partition coefficient (Wildman–Crippen LogP) is 5.00. The van der Waals surface area contributed by atoms with Crippen molar-refractivity contribution in [3.8, 4) is 22.9 Å². The minimum atomic E-state index is -0.311. The summed E-state index contributed by atoms with van der Waals surface area (Å²) >= 11 is 10.2. The van der Waals surface area contributed by atoms with Gasteiger partial charge in [-0.2, -0.15) is 9.78 Å². The summed E-state index contributed by atoms with van der Waals surface area (Å²) in [5.74, 6) is 0.817. The molecule has 0 unspecified atom stereocenters. The highest BCUT2D eigenvalue weighted by Gasteiger charge is 2.22. The Morgan fingerprint density at radius 2 is 1.85 bits per heavy atom. The van der Waals surface area contributed by atoms with Gasteiger partial charge in [0.1, 0.15) is 5.02 Å². The number of amides is 1. The van der Waals surface area contributed by atoms with Gasteiger partial charge in [-0.1, -0.05) is 54.1 Å². The zero-order valence-corrected chi connectivity index (χ0v) is 24.0. The second kappa shape index (κ2) is 12.6. The first-order valence-corrected chi connectivity index (χ1v) is 13.9. The number of benzene rings is 3. The van der Waals surface area contributed by atoms with E-state index in [4.69, 9.17) is 30.8 Å². The summed E-state index contributed by atoms with van der Waals surface area (Å²) < 4.78 is 18.7. The highest BCUT2D eigenvalue weighted by Crippen LogP contribution is 2.42. The van der Waals surface area contributed by atoms with Crippen molar-refractivity contribution in [2.24, 2.45) is 5.10 Å². The second-order valence-corrected chi connectivity index (χ2v) is 9.99. The molecule has 1 saturated heterocycles. The fraction of sp³-hybridized carbons (Fsp3) is 0.241. The van der Waals surface area contributed by atoms with Crippen molar-refractivity contribution in [1.29, 1.82) is 0 Å². The number of hydrogen-bond acceptors (Lipinski definition) is 7. The van der Waals surface area contributed by atoms with Crippen LogP contribution in [0.1, 0.15) is 12.5 Å². The first-order valence-electron chi connectivity index (χ1n) is 12.7. The molecule has 0 N–H and O–H groups in total. The number of nitrogens with zero attached hydrogens (tertiary/aromatic N) is 4. The van der Waals surface area contributed by atoms with Crippen LogP contribution in [-0.4, -0.2) is 66.2 Å². The van der Waals surface area contributed by atoms with Crippen LogP contribution >= 0.6 is 27.5 Å². The van der Waals surface area contributed by atoms with Gasteiger partial charge < -0.3 is 19.1 Å². The quantitative estimate of drug-likeness (QED) is 0.256. The second-order valence-electron chi connectivity index (χ2n) is 8.82. The van der Waals surface area contributed by atoms with Crippen LogP contribution < -0.4 is 15.0 Å². The Hall–Kier alpha value is -3.73. The number of rotatable bonds is 8. The molecule has 40 heavy (non-hydrogen) atoms. The lowest BCUT2D eigenvalue weighted by atomic mass is 10.2. The van der Waals surface area contributed by atoms with Crippen molar-refractivity contribution in [2.75, 3.05) is 39.5 Å². The lowest BCUT2D eigenvalue weighted by molar-refractivity contribution is -0.137. The van der Waals surface area contributed by atoms with Crippen LogP contribution in [0.15, 0.2) is 75.0 Å². The van der Waals surface area contributed by atoms with E-state index in [1.54, 1.807) is 29.2 Å². The van der Waals surface area contributed by atoms with Gasteiger partial charge in [0.15, 0.2) is 23.9 Å². The summed E-state index contributed by atoms with van der Waals surface area (Å²) in [5.41, 5.74) is 1.55. The molecule has 9 nitrogen and oxygen atoms in total. The van der Waals surface area contributed by atoms with E-state index >= 15 is 0 Å². The van der Waals surface area contributed by atoms with Crippen molar-refractivity contribution < 1.29 is 19.0 Å². The van der Waals surface area contributed by atoms with E-state index in [0.29, 0.717) is 65.4 Å². The molecule has 1 aliphatic heterocycles. The van der Waals surface area contributed by atoms with Crippen LogP contribution in [0.2, 0.25) is 5.02 Å². The maximum Gasteiger partial charge on any atom is 0.282 e. The van der Waals surface area contributed by atoms with E-state index in [1.165, 1.54) is 10.9 Å². The smallest absolute Gasteiger partial charge is 0.282 e. The summed E-state index contributed by atoms with van der Waals surface area (Å²) in [4.78, 5) is 32.5. The Bertz CT molecular complexity index is 1620. The van der Waals surface area contributed by atoms with E-state index < -0.39 is 0 Å². The number of hydrogen-bond donors (Lipinski definition) is 0. The number of morpholine rings is 1. The molecule has 1 fully saturated rings. The fourth-order valence-electron chi connectivity index (χ4n) is 4.26. The van der Waals surface area contributed by atoms with Crippen LogP contribution in [0.3, 0.4) is 0 Å². The average molecular weight is 626 g/mol. The molecular weight excluding hydrogens is 600 g/mol. The molecule has 1 aliphatic rings. The van der Waals surface area contributed by atoms with E-state index in [1.807, 2.05) is 43.3 Å².